The highest BCUT2D eigenvalue weighted by Crippen LogP contribution is 2.30. The first-order valence-electron chi connectivity index (χ1n) is 8.52. The quantitative estimate of drug-likeness (QED) is 0.368. The molecule has 29 heavy (non-hydrogen) atoms. The zero-order chi connectivity index (χ0) is 20.2. The van der Waals surface area contributed by atoms with Gasteiger partial charge in [0.25, 0.3) is 0 Å². The number of pyridine rings is 1. The molecule has 2 aromatic heterocycles. The molecule has 0 aliphatic heterocycles. The van der Waals surface area contributed by atoms with Crippen LogP contribution in [0, 0.1) is 0 Å². The van der Waals surface area contributed by atoms with Gasteiger partial charge >= 0.3 is 0 Å². The van der Waals surface area contributed by atoms with Gasteiger partial charge in [-0.3, -0.25) is 9.78 Å². The number of fused-ring (bicyclic) bond motifs is 1. The molecule has 0 unspecified atom stereocenters. The summed E-state index contributed by atoms with van der Waals surface area (Å²) in [6.45, 7) is 0. The number of rotatable bonds is 6. The number of hydrogen-bond donors (Lipinski definition) is 2. The minimum Gasteiger partial charge on any atom is -0.456 e. The molecule has 0 aliphatic rings. The highest BCUT2D eigenvalue weighted by Gasteiger charge is 2.10. The first-order chi connectivity index (χ1) is 14.1. The lowest BCUT2D eigenvalue weighted by Gasteiger charge is -2.09. The Balaban J connectivity index is 1.36. The lowest BCUT2D eigenvalue weighted by molar-refractivity contribution is -0.113. The first kappa shape index (κ1) is 19.6. The molecule has 146 valence electrons. The van der Waals surface area contributed by atoms with Gasteiger partial charge in [0.1, 0.15) is 11.5 Å². The Morgan fingerprint density at radius 3 is 2.83 bits per heavy atom. The van der Waals surface area contributed by atoms with Crippen molar-refractivity contribution in [3.05, 3.63) is 71.0 Å². The summed E-state index contributed by atoms with van der Waals surface area (Å²) in [5.74, 6) is 1.13. The van der Waals surface area contributed by atoms with Crippen molar-refractivity contribution in [3.63, 3.8) is 0 Å². The highest BCUT2D eigenvalue weighted by atomic mass is 35.5. The van der Waals surface area contributed by atoms with E-state index in [-0.39, 0.29) is 11.7 Å². The largest absolute Gasteiger partial charge is 0.456 e. The molecule has 6 nitrogen and oxygen atoms in total. The number of imidazole rings is 1. The van der Waals surface area contributed by atoms with Gasteiger partial charge in [-0.2, -0.15) is 0 Å². The Hall–Kier alpha value is -2.74. The van der Waals surface area contributed by atoms with Crippen LogP contribution in [0.3, 0.4) is 0 Å². The van der Waals surface area contributed by atoms with Crippen LogP contribution in [-0.4, -0.2) is 26.6 Å². The highest BCUT2D eigenvalue weighted by molar-refractivity contribution is 7.99. The van der Waals surface area contributed by atoms with Gasteiger partial charge in [0.05, 0.1) is 33.7 Å². The van der Waals surface area contributed by atoms with Crippen molar-refractivity contribution in [1.82, 2.24) is 15.0 Å². The molecule has 4 rings (SSSR count). The van der Waals surface area contributed by atoms with Crippen LogP contribution in [0.15, 0.2) is 66.1 Å². The molecule has 2 heterocycles. The first-order valence-corrected chi connectivity index (χ1v) is 10.3. The van der Waals surface area contributed by atoms with E-state index >= 15 is 0 Å². The molecule has 2 aromatic carbocycles. The third-order valence-electron chi connectivity index (χ3n) is 3.85. The van der Waals surface area contributed by atoms with Gasteiger partial charge < -0.3 is 15.0 Å². The standard InChI is InChI=1S/C20H14Cl2N4O2S/c21-12-3-5-17-18(8-12)26-20(25-17)29-11-19(27)24-16-6-4-13(9-15(16)22)28-14-2-1-7-23-10-14/h1-10H,11H2,(H,24,27)(H,25,26). The number of H-pyrrole nitrogens is 1. The minimum atomic E-state index is -0.198. The second-order valence-corrected chi connectivity index (χ2v) is 7.78. The minimum absolute atomic E-state index is 0.178. The monoisotopic (exact) mass is 444 g/mol. The topological polar surface area (TPSA) is 79.9 Å². The van der Waals surface area contributed by atoms with E-state index in [1.165, 1.54) is 11.8 Å². The molecule has 0 fully saturated rings. The van der Waals surface area contributed by atoms with Gasteiger partial charge in [-0.15, -0.1) is 0 Å². The van der Waals surface area contributed by atoms with Crippen LogP contribution in [0.5, 0.6) is 11.5 Å². The van der Waals surface area contributed by atoms with Crippen LogP contribution in [0.2, 0.25) is 10.0 Å². The zero-order valence-electron chi connectivity index (χ0n) is 14.9. The number of aromatic amines is 1. The van der Waals surface area contributed by atoms with Crippen LogP contribution in [0.4, 0.5) is 5.69 Å². The van der Waals surface area contributed by atoms with Gasteiger partial charge in [-0.25, -0.2) is 4.98 Å². The third-order valence-corrected chi connectivity index (χ3v) is 5.27. The van der Waals surface area contributed by atoms with E-state index in [0.29, 0.717) is 32.4 Å². The number of nitrogens with one attached hydrogen (secondary N) is 2. The summed E-state index contributed by atoms with van der Waals surface area (Å²) in [6, 6.07) is 14.0. The van der Waals surface area contributed by atoms with Crippen molar-refractivity contribution in [2.45, 2.75) is 5.16 Å². The molecule has 0 atom stereocenters. The normalized spacial score (nSPS) is 10.8. The molecule has 0 saturated heterocycles. The Morgan fingerprint density at radius 1 is 1.14 bits per heavy atom. The van der Waals surface area contributed by atoms with E-state index in [2.05, 4.69) is 20.3 Å². The van der Waals surface area contributed by atoms with Crippen molar-refractivity contribution in [2.24, 2.45) is 0 Å². The average molecular weight is 445 g/mol. The van der Waals surface area contributed by atoms with E-state index in [9.17, 15) is 4.79 Å². The number of nitrogens with zero attached hydrogens (tertiary/aromatic N) is 2. The lowest BCUT2D eigenvalue weighted by Crippen LogP contribution is -2.14. The predicted octanol–water partition coefficient (Wildman–Crippen LogP) is 5.79. The van der Waals surface area contributed by atoms with Crippen molar-refractivity contribution in [3.8, 4) is 11.5 Å². The summed E-state index contributed by atoms with van der Waals surface area (Å²) in [4.78, 5) is 23.8. The number of anilines is 1. The average Bonchev–Trinajstić information content (AvgIpc) is 3.11. The van der Waals surface area contributed by atoms with Crippen LogP contribution in [0.25, 0.3) is 11.0 Å². The molecule has 0 spiro atoms. The van der Waals surface area contributed by atoms with Crippen LogP contribution < -0.4 is 10.1 Å². The van der Waals surface area contributed by atoms with Gasteiger partial charge in [0.2, 0.25) is 5.91 Å². The summed E-state index contributed by atoms with van der Waals surface area (Å²) in [7, 11) is 0. The van der Waals surface area contributed by atoms with Crippen molar-refractivity contribution in [2.75, 3.05) is 11.1 Å². The van der Waals surface area contributed by atoms with E-state index < -0.39 is 0 Å². The molecule has 0 aliphatic carbocycles. The summed E-state index contributed by atoms with van der Waals surface area (Å²) in [5, 5.41) is 4.43. The summed E-state index contributed by atoms with van der Waals surface area (Å²) < 4.78 is 5.68. The van der Waals surface area contributed by atoms with Gasteiger partial charge in [0, 0.05) is 17.3 Å². The summed E-state index contributed by atoms with van der Waals surface area (Å²) >= 11 is 13.5. The molecule has 0 bridgehead atoms. The Kier molecular flexibility index (Phi) is 5.89. The van der Waals surface area contributed by atoms with Crippen LogP contribution in [-0.2, 0) is 4.79 Å². The number of carbonyl (C=O) groups excluding carboxylic acids is 1. The smallest absolute Gasteiger partial charge is 0.234 e. The van der Waals surface area contributed by atoms with Crippen LogP contribution in [0.1, 0.15) is 0 Å². The Labute approximate surface area is 180 Å². The SMILES string of the molecule is O=C(CSc1nc2cc(Cl)ccc2[nH]1)Nc1ccc(Oc2cccnc2)cc1Cl. The number of halogens is 2. The number of thioether (sulfide) groups is 1. The van der Waals surface area contributed by atoms with Crippen molar-refractivity contribution in [1.29, 1.82) is 0 Å². The number of ether oxygens (including phenoxy) is 1. The van der Waals surface area contributed by atoms with E-state index in [1.807, 2.05) is 6.07 Å². The number of carbonyl (C=O) groups is 1. The number of amides is 1. The number of aromatic nitrogens is 3. The molecular weight excluding hydrogens is 431 g/mol. The summed E-state index contributed by atoms with van der Waals surface area (Å²) in [5.41, 5.74) is 2.13. The number of hydrogen-bond acceptors (Lipinski definition) is 5. The van der Waals surface area contributed by atoms with Crippen molar-refractivity contribution < 1.29 is 9.53 Å². The van der Waals surface area contributed by atoms with Gasteiger partial charge in [0.15, 0.2) is 5.16 Å². The molecule has 9 heteroatoms. The van der Waals surface area contributed by atoms with E-state index in [1.54, 1.807) is 54.9 Å². The van der Waals surface area contributed by atoms with Gasteiger partial charge in [-0.05, 0) is 42.5 Å². The fourth-order valence-corrected chi connectivity index (χ4v) is 3.62. The van der Waals surface area contributed by atoms with Crippen molar-refractivity contribution >= 4 is 57.6 Å². The predicted molar refractivity (Wildman–Crippen MR) is 116 cm³/mol. The Bertz CT molecular complexity index is 1170. The fourth-order valence-electron chi connectivity index (χ4n) is 2.55. The molecule has 2 N–H and O–H groups in total. The van der Waals surface area contributed by atoms with Crippen LogP contribution >= 0.6 is 35.0 Å². The molecular formula is C20H14Cl2N4O2S. The maximum Gasteiger partial charge on any atom is 0.234 e. The zero-order valence-corrected chi connectivity index (χ0v) is 17.2. The fraction of sp³-hybridized carbons (Fsp3) is 0.0500. The Morgan fingerprint density at radius 2 is 2.03 bits per heavy atom. The van der Waals surface area contributed by atoms with E-state index in [0.717, 1.165) is 11.0 Å². The second-order valence-electron chi connectivity index (χ2n) is 5.97. The second kappa shape index (κ2) is 8.73. The maximum atomic E-state index is 12.3. The lowest BCUT2D eigenvalue weighted by atomic mass is 10.3. The summed E-state index contributed by atoms with van der Waals surface area (Å²) in [6.07, 6.45) is 3.27. The maximum absolute atomic E-state index is 12.3. The van der Waals surface area contributed by atoms with E-state index in [4.69, 9.17) is 27.9 Å². The molecule has 0 saturated carbocycles. The number of benzene rings is 2. The molecule has 0 radical (unpaired) electrons. The van der Waals surface area contributed by atoms with Gasteiger partial charge in [-0.1, -0.05) is 35.0 Å². The molecule has 1 amide bonds. The molecule has 4 aromatic rings. The third kappa shape index (κ3) is 5.00.